The van der Waals surface area contributed by atoms with Gasteiger partial charge in [0, 0.05) is 23.2 Å². The molecule has 1 aliphatic carbocycles. The first kappa shape index (κ1) is 15.4. The van der Waals surface area contributed by atoms with Gasteiger partial charge in [-0.1, -0.05) is 42.8 Å². The van der Waals surface area contributed by atoms with Gasteiger partial charge in [0.2, 0.25) is 0 Å². The van der Waals surface area contributed by atoms with E-state index in [0.29, 0.717) is 12.0 Å². The maximum Gasteiger partial charge on any atom is 0.104 e. The highest BCUT2D eigenvalue weighted by atomic mass is 16.3. The Hall–Kier alpha value is -2.81. The van der Waals surface area contributed by atoms with Gasteiger partial charge >= 0.3 is 0 Å². The number of furan rings is 1. The molecule has 1 aliphatic rings. The molecule has 2 unspecified atom stereocenters. The summed E-state index contributed by atoms with van der Waals surface area (Å²) in [5, 5.41) is 6.31. The Kier molecular flexibility index (Phi) is 3.85. The molecule has 0 bridgehead atoms. The van der Waals surface area contributed by atoms with Crippen molar-refractivity contribution in [2.75, 3.05) is 5.32 Å². The van der Waals surface area contributed by atoms with Gasteiger partial charge in [0.1, 0.15) is 5.76 Å². The molecule has 1 N–H and O–H groups in total. The van der Waals surface area contributed by atoms with Crippen LogP contribution in [0.3, 0.4) is 0 Å². The molecule has 3 heteroatoms. The lowest BCUT2D eigenvalue weighted by Crippen LogP contribution is -2.25. The first-order valence-electron chi connectivity index (χ1n) is 9.45. The van der Waals surface area contributed by atoms with Crippen LogP contribution >= 0.6 is 0 Å². The molecule has 130 valence electrons. The van der Waals surface area contributed by atoms with Gasteiger partial charge in [0.25, 0.3) is 0 Å². The number of hydrogen-bond donors (Lipinski definition) is 1. The Balaban J connectivity index is 1.55. The minimum absolute atomic E-state index is 0.467. The molecule has 0 aliphatic heterocycles. The molecule has 26 heavy (non-hydrogen) atoms. The van der Waals surface area contributed by atoms with Crippen LogP contribution in [0.25, 0.3) is 21.8 Å². The highest BCUT2D eigenvalue weighted by Crippen LogP contribution is 2.36. The SMILES string of the molecule is c1coc(CC2CCCC2Nc2c3ccccc3nc3ccccc23)c1. The van der Waals surface area contributed by atoms with Crippen molar-refractivity contribution >= 4 is 27.5 Å². The lowest BCUT2D eigenvalue weighted by atomic mass is 9.97. The Morgan fingerprint density at radius 3 is 2.31 bits per heavy atom. The number of aromatic nitrogens is 1. The molecule has 0 amide bonds. The molecule has 2 atom stereocenters. The highest BCUT2D eigenvalue weighted by molar-refractivity contribution is 6.07. The van der Waals surface area contributed by atoms with Crippen LogP contribution in [-0.4, -0.2) is 11.0 Å². The molecule has 3 nitrogen and oxygen atoms in total. The van der Waals surface area contributed by atoms with Gasteiger partial charge in [0.05, 0.1) is 23.0 Å². The van der Waals surface area contributed by atoms with E-state index in [2.05, 4.69) is 59.9 Å². The minimum atomic E-state index is 0.467. The maximum absolute atomic E-state index is 5.60. The van der Waals surface area contributed by atoms with E-state index >= 15 is 0 Å². The molecule has 4 aromatic rings. The monoisotopic (exact) mass is 342 g/mol. The second kappa shape index (κ2) is 6.49. The fourth-order valence-electron chi connectivity index (χ4n) is 4.34. The third kappa shape index (κ3) is 2.74. The largest absolute Gasteiger partial charge is 0.469 e. The lowest BCUT2D eigenvalue weighted by Gasteiger charge is -2.23. The number of nitrogens with one attached hydrogen (secondary N) is 1. The van der Waals surface area contributed by atoms with E-state index in [0.717, 1.165) is 23.2 Å². The Morgan fingerprint density at radius 1 is 0.885 bits per heavy atom. The molecule has 2 heterocycles. The highest BCUT2D eigenvalue weighted by Gasteiger charge is 2.29. The molecule has 5 rings (SSSR count). The first-order valence-corrected chi connectivity index (χ1v) is 9.45. The number of benzene rings is 2. The Morgan fingerprint density at radius 2 is 1.62 bits per heavy atom. The normalized spacial score (nSPS) is 20.0. The number of para-hydroxylation sites is 2. The molecule has 2 aromatic heterocycles. The smallest absolute Gasteiger partial charge is 0.104 e. The van der Waals surface area contributed by atoms with Crippen LogP contribution in [0.15, 0.2) is 71.3 Å². The minimum Gasteiger partial charge on any atom is -0.469 e. The predicted octanol–water partition coefficient (Wildman–Crippen LogP) is 5.80. The van der Waals surface area contributed by atoms with Crippen molar-refractivity contribution in [3.63, 3.8) is 0 Å². The van der Waals surface area contributed by atoms with Crippen molar-refractivity contribution in [3.8, 4) is 0 Å². The van der Waals surface area contributed by atoms with Gasteiger partial charge in [-0.3, -0.25) is 0 Å². The second-order valence-corrected chi connectivity index (χ2v) is 7.25. The van der Waals surface area contributed by atoms with E-state index in [1.54, 1.807) is 6.26 Å². The van der Waals surface area contributed by atoms with Crippen LogP contribution in [-0.2, 0) is 6.42 Å². The average molecular weight is 342 g/mol. The summed E-state index contributed by atoms with van der Waals surface area (Å²) in [6, 6.07) is 21.4. The predicted molar refractivity (Wildman–Crippen MR) is 106 cm³/mol. The molecule has 0 spiro atoms. The summed E-state index contributed by atoms with van der Waals surface area (Å²) >= 11 is 0. The summed E-state index contributed by atoms with van der Waals surface area (Å²) in [7, 11) is 0. The molecule has 1 fully saturated rings. The van der Waals surface area contributed by atoms with Gasteiger partial charge in [-0.25, -0.2) is 4.98 Å². The van der Waals surface area contributed by atoms with E-state index in [1.165, 1.54) is 35.7 Å². The number of fused-ring (bicyclic) bond motifs is 2. The zero-order chi connectivity index (χ0) is 17.3. The molecular weight excluding hydrogens is 320 g/mol. The molecule has 0 radical (unpaired) electrons. The van der Waals surface area contributed by atoms with Crippen LogP contribution in [0, 0.1) is 5.92 Å². The topological polar surface area (TPSA) is 38.1 Å². The second-order valence-electron chi connectivity index (χ2n) is 7.25. The zero-order valence-electron chi connectivity index (χ0n) is 14.7. The third-order valence-corrected chi connectivity index (χ3v) is 5.62. The van der Waals surface area contributed by atoms with Crippen molar-refractivity contribution in [1.29, 1.82) is 0 Å². The van der Waals surface area contributed by atoms with Gasteiger partial charge in [-0.05, 0) is 43.0 Å². The molecule has 0 saturated heterocycles. The van der Waals surface area contributed by atoms with Gasteiger partial charge in [0.15, 0.2) is 0 Å². The molecule has 1 saturated carbocycles. The van der Waals surface area contributed by atoms with Gasteiger partial charge in [-0.15, -0.1) is 0 Å². The van der Waals surface area contributed by atoms with Crippen molar-refractivity contribution in [2.45, 2.75) is 31.7 Å². The molecule has 2 aromatic carbocycles. The summed E-state index contributed by atoms with van der Waals surface area (Å²) in [5.74, 6) is 1.69. The van der Waals surface area contributed by atoms with Crippen LogP contribution < -0.4 is 5.32 Å². The average Bonchev–Trinajstić information content (AvgIpc) is 3.34. The van der Waals surface area contributed by atoms with E-state index < -0.39 is 0 Å². The standard InChI is InChI=1S/C23H22N2O/c1-3-11-21-18(9-1)23(19-10-2-4-12-22(19)24-21)25-20-13-5-7-16(20)15-17-8-6-14-26-17/h1-4,6,8-12,14,16,20H,5,7,13,15H2,(H,24,25). The zero-order valence-corrected chi connectivity index (χ0v) is 14.7. The van der Waals surface area contributed by atoms with Crippen molar-refractivity contribution in [2.24, 2.45) is 5.92 Å². The summed E-state index contributed by atoms with van der Waals surface area (Å²) in [5.41, 5.74) is 3.33. The Labute approximate surface area is 153 Å². The first-order chi connectivity index (χ1) is 12.9. The molecular formula is C23H22N2O. The van der Waals surface area contributed by atoms with E-state index in [4.69, 9.17) is 9.40 Å². The van der Waals surface area contributed by atoms with E-state index in [1.807, 2.05) is 6.07 Å². The van der Waals surface area contributed by atoms with Crippen molar-refractivity contribution in [1.82, 2.24) is 4.98 Å². The van der Waals surface area contributed by atoms with Crippen LogP contribution in [0.1, 0.15) is 25.0 Å². The number of pyridine rings is 1. The van der Waals surface area contributed by atoms with E-state index in [-0.39, 0.29) is 0 Å². The maximum atomic E-state index is 5.60. The third-order valence-electron chi connectivity index (χ3n) is 5.62. The quantitative estimate of drug-likeness (QED) is 0.476. The summed E-state index contributed by atoms with van der Waals surface area (Å²) in [4.78, 5) is 4.84. The number of rotatable bonds is 4. The fraction of sp³-hybridized carbons (Fsp3) is 0.261. The number of anilines is 1. The summed E-state index contributed by atoms with van der Waals surface area (Å²) in [6.07, 6.45) is 6.50. The number of hydrogen-bond acceptors (Lipinski definition) is 3. The summed E-state index contributed by atoms with van der Waals surface area (Å²) < 4.78 is 5.60. The van der Waals surface area contributed by atoms with Gasteiger partial charge < -0.3 is 9.73 Å². The van der Waals surface area contributed by atoms with Gasteiger partial charge in [-0.2, -0.15) is 0 Å². The lowest BCUT2D eigenvalue weighted by molar-refractivity contribution is 0.427. The Bertz CT molecular complexity index is 985. The number of nitrogens with zero attached hydrogens (tertiary/aromatic N) is 1. The van der Waals surface area contributed by atoms with Crippen molar-refractivity contribution in [3.05, 3.63) is 72.7 Å². The van der Waals surface area contributed by atoms with E-state index in [9.17, 15) is 0 Å². The summed E-state index contributed by atoms with van der Waals surface area (Å²) in [6.45, 7) is 0. The van der Waals surface area contributed by atoms with Crippen LogP contribution in [0.5, 0.6) is 0 Å². The van der Waals surface area contributed by atoms with Crippen LogP contribution in [0.2, 0.25) is 0 Å². The van der Waals surface area contributed by atoms with Crippen LogP contribution in [0.4, 0.5) is 5.69 Å². The fourth-order valence-corrected chi connectivity index (χ4v) is 4.34. The van der Waals surface area contributed by atoms with Crippen molar-refractivity contribution < 1.29 is 4.42 Å².